The van der Waals surface area contributed by atoms with Gasteiger partial charge in [0.05, 0.1) is 28.7 Å². The van der Waals surface area contributed by atoms with Crippen molar-refractivity contribution in [3.05, 3.63) is 99.5 Å². The topological polar surface area (TPSA) is 105 Å². The van der Waals surface area contributed by atoms with E-state index in [4.69, 9.17) is 27.9 Å². The molecule has 0 aliphatic carbocycles. The van der Waals surface area contributed by atoms with Crippen molar-refractivity contribution in [2.75, 3.05) is 5.32 Å². The molecule has 0 aliphatic rings. The van der Waals surface area contributed by atoms with Gasteiger partial charge in [0.1, 0.15) is 24.0 Å². The van der Waals surface area contributed by atoms with Crippen LogP contribution in [0.4, 0.5) is 11.4 Å². The number of benzene rings is 3. The standard InChI is InChI=1S/C23H13BrCl2IN3O4/c24-17-9-14(8-15(11-28)23(31)29-20-3-1-2-18(25)21(20)26)10-19(27)22(17)34-12-13-4-6-16(7-5-13)30(32)33/h1-10H,12H2,(H,29,31)/b15-8-. The van der Waals surface area contributed by atoms with Crippen LogP contribution in [0, 0.1) is 25.0 Å². The first-order chi connectivity index (χ1) is 16.2. The Morgan fingerprint density at radius 3 is 2.56 bits per heavy atom. The maximum absolute atomic E-state index is 12.6. The van der Waals surface area contributed by atoms with E-state index in [-0.39, 0.29) is 27.9 Å². The Bertz CT molecular complexity index is 1320. The first-order valence-corrected chi connectivity index (χ1v) is 12.0. The van der Waals surface area contributed by atoms with Gasteiger partial charge < -0.3 is 10.1 Å². The predicted molar refractivity (Wildman–Crippen MR) is 143 cm³/mol. The highest BCUT2D eigenvalue weighted by atomic mass is 127. The summed E-state index contributed by atoms with van der Waals surface area (Å²) in [5.41, 5.74) is 1.54. The summed E-state index contributed by atoms with van der Waals surface area (Å²) in [6.07, 6.45) is 1.45. The van der Waals surface area contributed by atoms with Gasteiger partial charge in [0, 0.05) is 12.1 Å². The highest BCUT2D eigenvalue weighted by Crippen LogP contribution is 2.34. The molecule has 1 N–H and O–H groups in total. The molecule has 0 bridgehead atoms. The summed E-state index contributed by atoms with van der Waals surface area (Å²) in [6, 6.07) is 16.2. The normalized spacial score (nSPS) is 11.0. The van der Waals surface area contributed by atoms with Crippen LogP contribution in [0.5, 0.6) is 5.75 Å². The van der Waals surface area contributed by atoms with Gasteiger partial charge in [0.15, 0.2) is 0 Å². The third kappa shape index (κ3) is 6.48. The number of amides is 1. The Hall–Kier alpha value is -2.65. The van der Waals surface area contributed by atoms with Crippen molar-refractivity contribution in [3.63, 3.8) is 0 Å². The molecule has 0 saturated carbocycles. The number of nitriles is 1. The number of anilines is 1. The van der Waals surface area contributed by atoms with Gasteiger partial charge in [-0.05, 0) is 92.1 Å². The third-order valence-corrected chi connectivity index (χ3v) is 6.64. The molecular weight excluding hydrogens is 660 g/mol. The Labute approximate surface area is 226 Å². The van der Waals surface area contributed by atoms with E-state index >= 15 is 0 Å². The van der Waals surface area contributed by atoms with Crippen molar-refractivity contribution in [1.82, 2.24) is 0 Å². The number of nitro groups is 1. The van der Waals surface area contributed by atoms with E-state index in [0.29, 0.717) is 21.5 Å². The summed E-state index contributed by atoms with van der Waals surface area (Å²) in [6.45, 7) is 0.202. The van der Waals surface area contributed by atoms with Crippen LogP contribution in [0.25, 0.3) is 6.08 Å². The number of nitrogens with zero attached hydrogens (tertiary/aromatic N) is 2. The molecule has 0 radical (unpaired) electrons. The highest BCUT2D eigenvalue weighted by molar-refractivity contribution is 14.1. The molecule has 3 aromatic carbocycles. The van der Waals surface area contributed by atoms with E-state index in [1.165, 1.54) is 18.2 Å². The average Bonchev–Trinajstić information content (AvgIpc) is 2.80. The number of nitrogens with one attached hydrogen (secondary N) is 1. The number of non-ortho nitro benzene ring substituents is 1. The predicted octanol–water partition coefficient (Wildman–Crippen LogP) is 7.39. The quantitative estimate of drug-likeness (QED) is 0.0927. The van der Waals surface area contributed by atoms with E-state index in [1.54, 1.807) is 42.5 Å². The van der Waals surface area contributed by atoms with Crippen LogP contribution in [0.2, 0.25) is 10.0 Å². The van der Waals surface area contributed by atoms with Crippen LogP contribution in [-0.4, -0.2) is 10.8 Å². The minimum absolute atomic E-state index is 0.00520. The van der Waals surface area contributed by atoms with Gasteiger partial charge in [0.2, 0.25) is 0 Å². The molecule has 3 rings (SSSR count). The number of nitro benzene ring substituents is 1. The molecule has 0 saturated heterocycles. The summed E-state index contributed by atoms with van der Waals surface area (Å²) in [5.74, 6) is -0.0685. The van der Waals surface area contributed by atoms with Crippen molar-refractivity contribution in [3.8, 4) is 11.8 Å². The molecule has 0 spiro atoms. The molecule has 11 heteroatoms. The third-order valence-electron chi connectivity index (χ3n) is 4.43. The first kappa shape index (κ1) is 26.0. The summed E-state index contributed by atoms with van der Waals surface area (Å²) in [4.78, 5) is 22.9. The Balaban J connectivity index is 1.76. The fourth-order valence-corrected chi connectivity index (χ4v) is 4.89. The second kappa shape index (κ2) is 11.7. The largest absolute Gasteiger partial charge is 0.487 e. The van der Waals surface area contributed by atoms with Gasteiger partial charge in [-0.25, -0.2) is 0 Å². The molecule has 0 aliphatic heterocycles. The van der Waals surface area contributed by atoms with E-state index in [1.807, 2.05) is 6.07 Å². The lowest BCUT2D eigenvalue weighted by molar-refractivity contribution is -0.384. The molecule has 0 atom stereocenters. The molecule has 3 aromatic rings. The second-order valence-corrected chi connectivity index (χ2v) is 9.55. The van der Waals surface area contributed by atoms with Gasteiger partial charge in [-0.15, -0.1) is 0 Å². The molecule has 0 aromatic heterocycles. The fourth-order valence-electron chi connectivity index (χ4n) is 2.78. The molecule has 0 unspecified atom stereocenters. The van der Waals surface area contributed by atoms with Crippen molar-refractivity contribution in [2.24, 2.45) is 0 Å². The van der Waals surface area contributed by atoms with Gasteiger partial charge in [-0.2, -0.15) is 5.26 Å². The number of hydrogen-bond donors (Lipinski definition) is 1. The van der Waals surface area contributed by atoms with Gasteiger partial charge in [-0.3, -0.25) is 14.9 Å². The zero-order valence-electron chi connectivity index (χ0n) is 17.0. The summed E-state index contributed by atoms with van der Waals surface area (Å²) in [7, 11) is 0. The maximum Gasteiger partial charge on any atom is 0.269 e. The Kier molecular flexibility index (Phi) is 8.90. The minimum Gasteiger partial charge on any atom is -0.487 e. The van der Waals surface area contributed by atoms with Crippen molar-refractivity contribution >= 4 is 85.1 Å². The summed E-state index contributed by atoms with van der Waals surface area (Å²) < 4.78 is 7.22. The van der Waals surface area contributed by atoms with Gasteiger partial charge in [0.25, 0.3) is 11.6 Å². The van der Waals surface area contributed by atoms with E-state index in [9.17, 15) is 20.2 Å². The smallest absolute Gasteiger partial charge is 0.269 e. The number of rotatable bonds is 7. The molecular formula is C23H13BrCl2IN3O4. The Morgan fingerprint density at radius 2 is 1.94 bits per heavy atom. The molecule has 0 heterocycles. The molecule has 1 amide bonds. The number of halogens is 4. The molecule has 0 fully saturated rings. The van der Waals surface area contributed by atoms with E-state index < -0.39 is 10.8 Å². The average molecular weight is 673 g/mol. The Morgan fingerprint density at radius 1 is 1.24 bits per heavy atom. The van der Waals surface area contributed by atoms with Crippen molar-refractivity contribution < 1.29 is 14.5 Å². The lowest BCUT2D eigenvalue weighted by Gasteiger charge is -2.12. The van der Waals surface area contributed by atoms with Crippen molar-refractivity contribution in [2.45, 2.75) is 6.61 Å². The lowest BCUT2D eigenvalue weighted by atomic mass is 10.1. The molecule has 34 heavy (non-hydrogen) atoms. The number of ether oxygens (including phenoxy) is 1. The van der Waals surface area contributed by atoms with Crippen LogP contribution < -0.4 is 10.1 Å². The van der Waals surface area contributed by atoms with Crippen LogP contribution in [0.3, 0.4) is 0 Å². The lowest BCUT2D eigenvalue weighted by Crippen LogP contribution is -2.13. The number of carbonyl (C=O) groups is 1. The zero-order valence-corrected chi connectivity index (χ0v) is 22.3. The summed E-state index contributed by atoms with van der Waals surface area (Å²) in [5, 5.41) is 23.3. The van der Waals surface area contributed by atoms with Crippen LogP contribution in [-0.2, 0) is 11.4 Å². The maximum atomic E-state index is 12.6. The fraction of sp³-hybridized carbons (Fsp3) is 0.0435. The zero-order chi connectivity index (χ0) is 24.8. The highest BCUT2D eigenvalue weighted by Gasteiger charge is 2.15. The van der Waals surface area contributed by atoms with E-state index in [2.05, 4.69) is 43.8 Å². The number of hydrogen-bond acceptors (Lipinski definition) is 5. The minimum atomic E-state index is -0.628. The SMILES string of the molecule is N#C/C(=C/c1cc(Br)c(OCc2ccc([N+](=O)[O-])cc2)c(I)c1)C(=O)Nc1cccc(Cl)c1Cl. The monoisotopic (exact) mass is 671 g/mol. The molecule has 7 nitrogen and oxygen atoms in total. The van der Waals surface area contributed by atoms with Gasteiger partial charge in [-0.1, -0.05) is 29.3 Å². The summed E-state index contributed by atoms with van der Waals surface area (Å²) >= 11 is 17.6. The van der Waals surface area contributed by atoms with Crippen LogP contribution in [0.1, 0.15) is 11.1 Å². The molecule has 172 valence electrons. The first-order valence-electron chi connectivity index (χ1n) is 9.42. The van der Waals surface area contributed by atoms with Crippen molar-refractivity contribution in [1.29, 1.82) is 5.26 Å². The number of carbonyl (C=O) groups excluding carboxylic acids is 1. The van der Waals surface area contributed by atoms with Crippen LogP contribution in [0.15, 0.2) is 64.6 Å². The van der Waals surface area contributed by atoms with Gasteiger partial charge >= 0.3 is 0 Å². The van der Waals surface area contributed by atoms with Crippen LogP contribution >= 0.6 is 61.7 Å². The second-order valence-electron chi connectivity index (χ2n) is 6.75. The van der Waals surface area contributed by atoms with E-state index in [0.717, 1.165) is 9.13 Å².